The number of hydrogen-bond acceptors (Lipinski definition) is 7. The van der Waals surface area contributed by atoms with Crippen molar-refractivity contribution in [3.8, 4) is 5.75 Å². The maximum Gasteiger partial charge on any atom is 0.344 e. The van der Waals surface area contributed by atoms with Crippen molar-refractivity contribution in [2.24, 2.45) is 0 Å². The molecule has 0 aliphatic carbocycles. The van der Waals surface area contributed by atoms with Gasteiger partial charge in [-0.15, -0.1) is 0 Å². The van der Waals surface area contributed by atoms with Crippen LogP contribution in [0.4, 0.5) is 5.69 Å². The number of hydrogen-bond donors (Lipinski definition) is 1. The lowest BCUT2D eigenvalue weighted by Gasteiger charge is -2.08. The fraction of sp³-hybridized carbons (Fsp3) is 0.125. The van der Waals surface area contributed by atoms with Gasteiger partial charge in [-0.2, -0.15) is 8.42 Å². The smallest absolute Gasteiger partial charge is 0.344 e. The van der Waals surface area contributed by atoms with Crippen LogP contribution in [0.5, 0.6) is 5.75 Å². The minimum absolute atomic E-state index is 0.0935. The molecule has 130 valence electrons. The average molecular weight is 362 g/mol. The number of aromatic nitrogens is 1. The van der Waals surface area contributed by atoms with Gasteiger partial charge in [0.1, 0.15) is 11.4 Å². The highest BCUT2D eigenvalue weighted by molar-refractivity contribution is 7.87. The van der Waals surface area contributed by atoms with E-state index in [-0.39, 0.29) is 27.9 Å². The van der Waals surface area contributed by atoms with Gasteiger partial charge in [-0.05, 0) is 50.2 Å². The van der Waals surface area contributed by atoms with Crippen LogP contribution in [0, 0.1) is 13.8 Å². The summed E-state index contributed by atoms with van der Waals surface area (Å²) in [6.07, 6.45) is 1.39. The Morgan fingerprint density at radius 1 is 1.16 bits per heavy atom. The molecule has 1 aromatic carbocycles. The predicted molar refractivity (Wildman–Crippen MR) is 86.9 cm³/mol. The lowest BCUT2D eigenvalue weighted by Crippen LogP contribution is -2.12. The molecule has 0 saturated heterocycles. The van der Waals surface area contributed by atoms with Crippen molar-refractivity contribution in [2.45, 2.75) is 18.7 Å². The largest absolute Gasteiger partial charge is 0.459 e. The molecule has 3 rings (SSSR count). The quantitative estimate of drug-likeness (QED) is 0.695. The number of aryl methyl sites for hydroxylation is 2. The molecule has 0 radical (unpaired) electrons. The number of amides is 1. The Labute approximate surface area is 143 Å². The second-order valence-electron chi connectivity index (χ2n) is 5.15. The van der Waals surface area contributed by atoms with Crippen LogP contribution in [0.15, 0.2) is 56.5 Å². The third-order valence-electron chi connectivity index (χ3n) is 3.28. The number of nitrogens with one attached hydrogen (secondary N) is 1. The average Bonchev–Trinajstić information content (AvgIpc) is 3.19. The summed E-state index contributed by atoms with van der Waals surface area (Å²) in [5.74, 6) is -0.000785. The zero-order chi connectivity index (χ0) is 18.0. The van der Waals surface area contributed by atoms with Crippen LogP contribution in [-0.2, 0) is 10.1 Å². The van der Waals surface area contributed by atoms with Crippen LogP contribution in [0.2, 0.25) is 0 Å². The fourth-order valence-corrected chi connectivity index (χ4v) is 3.43. The third-order valence-corrected chi connectivity index (χ3v) is 4.78. The van der Waals surface area contributed by atoms with Gasteiger partial charge in [-0.1, -0.05) is 5.16 Å². The number of carbonyl (C=O) groups is 1. The van der Waals surface area contributed by atoms with Gasteiger partial charge in [-0.3, -0.25) is 4.79 Å². The van der Waals surface area contributed by atoms with Crippen LogP contribution in [-0.4, -0.2) is 19.5 Å². The van der Waals surface area contributed by atoms with Gasteiger partial charge in [0.2, 0.25) is 0 Å². The van der Waals surface area contributed by atoms with Crippen molar-refractivity contribution in [3.05, 3.63) is 59.9 Å². The summed E-state index contributed by atoms with van der Waals surface area (Å²) in [5.41, 5.74) is 0.684. The van der Waals surface area contributed by atoms with Crippen LogP contribution in [0.25, 0.3) is 0 Å². The summed E-state index contributed by atoms with van der Waals surface area (Å²) in [6.45, 7) is 3.00. The first-order valence-corrected chi connectivity index (χ1v) is 8.60. The van der Waals surface area contributed by atoms with Crippen LogP contribution in [0.3, 0.4) is 0 Å². The highest BCUT2D eigenvalue weighted by atomic mass is 32.2. The Balaban J connectivity index is 1.74. The molecule has 0 atom stereocenters. The van der Waals surface area contributed by atoms with E-state index in [0.29, 0.717) is 5.69 Å². The van der Waals surface area contributed by atoms with Crippen molar-refractivity contribution in [1.29, 1.82) is 0 Å². The van der Waals surface area contributed by atoms with Gasteiger partial charge >= 0.3 is 10.1 Å². The topological polar surface area (TPSA) is 112 Å². The Hall–Kier alpha value is -3.07. The van der Waals surface area contributed by atoms with Crippen LogP contribution >= 0.6 is 0 Å². The molecule has 0 unspecified atom stereocenters. The van der Waals surface area contributed by atoms with E-state index in [1.54, 1.807) is 6.07 Å². The molecule has 0 bridgehead atoms. The van der Waals surface area contributed by atoms with E-state index < -0.39 is 16.0 Å². The molecule has 2 heterocycles. The van der Waals surface area contributed by atoms with Crippen molar-refractivity contribution in [1.82, 2.24) is 5.16 Å². The molecule has 3 aromatic rings. The molecular formula is C16H14N2O6S. The summed E-state index contributed by atoms with van der Waals surface area (Å²) >= 11 is 0. The summed E-state index contributed by atoms with van der Waals surface area (Å²) in [7, 11) is -4.06. The van der Waals surface area contributed by atoms with E-state index in [1.807, 2.05) is 0 Å². The van der Waals surface area contributed by atoms with E-state index in [0.717, 1.165) is 0 Å². The number of anilines is 1. The van der Waals surface area contributed by atoms with E-state index in [4.69, 9.17) is 13.1 Å². The second kappa shape index (κ2) is 6.44. The normalized spacial score (nSPS) is 11.3. The Morgan fingerprint density at radius 3 is 2.44 bits per heavy atom. The van der Waals surface area contributed by atoms with Crippen molar-refractivity contribution in [2.75, 3.05) is 5.32 Å². The summed E-state index contributed by atoms with van der Waals surface area (Å²) < 4.78 is 39.6. The molecule has 2 aromatic heterocycles. The second-order valence-corrected chi connectivity index (χ2v) is 6.63. The van der Waals surface area contributed by atoms with E-state index in [2.05, 4.69) is 10.5 Å². The van der Waals surface area contributed by atoms with Crippen molar-refractivity contribution in [3.63, 3.8) is 0 Å². The van der Waals surface area contributed by atoms with Crippen LogP contribution < -0.4 is 9.50 Å². The first-order chi connectivity index (χ1) is 11.9. The summed E-state index contributed by atoms with van der Waals surface area (Å²) in [6, 6.07) is 9.01. The third kappa shape index (κ3) is 3.56. The number of rotatable bonds is 5. The summed E-state index contributed by atoms with van der Waals surface area (Å²) in [4.78, 5) is 11.8. The van der Waals surface area contributed by atoms with Gasteiger partial charge in [0.25, 0.3) is 5.91 Å². The van der Waals surface area contributed by atoms with Gasteiger partial charge in [0.15, 0.2) is 16.4 Å². The van der Waals surface area contributed by atoms with E-state index >= 15 is 0 Å². The molecule has 1 amide bonds. The molecule has 8 nitrogen and oxygen atoms in total. The Kier molecular flexibility index (Phi) is 4.32. The molecule has 0 fully saturated rings. The van der Waals surface area contributed by atoms with Crippen molar-refractivity contribution >= 4 is 21.7 Å². The molecule has 1 N–H and O–H groups in total. The molecule has 0 saturated carbocycles. The molecule has 25 heavy (non-hydrogen) atoms. The summed E-state index contributed by atoms with van der Waals surface area (Å²) in [5, 5.41) is 6.22. The number of carbonyl (C=O) groups excluding carboxylic acids is 1. The first kappa shape index (κ1) is 16.8. The highest BCUT2D eigenvalue weighted by Crippen LogP contribution is 2.25. The van der Waals surface area contributed by atoms with E-state index in [9.17, 15) is 13.2 Å². The molecule has 9 heteroatoms. The number of benzene rings is 1. The first-order valence-electron chi connectivity index (χ1n) is 7.19. The Morgan fingerprint density at radius 2 is 1.88 bits per heavy atom. The molecule has 0 aliphatic rings. The van der Waals surface area contributed by atoms with Crippen molar-refractivity contribution < 1.29 is 26.3 Å². The molecule has 0 aliphatic heterocycles. The zero-order valence-corrected chi connectivity index (χ0v) is 14.2. The number of nitrogens with zero attached hydrogens (tertiary/aromatic N) is 1. The van der Waals surface area contributed by atoms with Gasteiger partial charge < -0.3 is 18.4 Å². The molecule has 0 spiro atoms. The van der Waals surface area contributed by atoms with Gasteiger partial charge in [0, 0.05) is 5.69 Å². The van der Waals surface area contributed by atoms with E-state index in [1.165, 1.54) is 50.4 Å². The lowest BCUT2D eigenvalue weighted by atomic mass is 10.3. The SMILES string of the molecule is Cc1noc(C)c1S(=O)(=O)Oc1ccc(NC(=O)c2ccco2)cc1. The highest BCUT2D eigenvalue weighted by Gasteiger charge is 2.26. The fourth-order valence-electron chi connectivity index (χ4n) is 2.19. The van der Waals surface area contributed by atoms with Crippen LogP contribution in [0.1, 0.15) is 22.0 Å². The lowest BCUT2D eigenvalue weighted by molar-refractivity contribution is 0.0996. The maximum atomic E-state index is 12.3. The number of furan rings is 1. The molecular weight excluding hydrogens is 348 g/mol. The maximum absolute atomic E-state index is 12.3. The zero-order valence-electron chi connectivity index (χ0n) is 13.3. The van der Waals surface area contributed by atoms with Gasteiger partial charge in [-0.25, -0.2) is 0 Å². The predicted octanol–water partition coefficient (Wildman–Crippen LogP) is 2.90. The Bertz CT molecular complexity index is 968. The van der Waals surface area contributed by atoms with Gasteiger partial charge in [0.05, 0.1) is 6.26 Å². The monoisotopic (exact) mass is 362 g/mol. The minimum Gasteiger partial charge on any atom is -0.459 e. The minimum atomic E-state index is -4.06. The standard InChI is InChI=1S/C16H14N2O6S/c1-10-15(11(2)23-18-10)25(20,21)24-13-7-5-12(6-8-13)17-16(19)14-4-3-9-22-14/h3-9H,1-2H3,(H,17,19).